The van der Waals surface area contributed by atoms with Gasteiger partial charge in [-0.05, 0) is 35.7 Å². The number of nitrogens with one attached hydrogen (secondary N) is 1. The lowest BCUT2D eigenvalue weighted by molar-refractivity contribution is 0.282. The van der Waals surface area contributed by atoms with Crippen LogP contribution in [0.15, 0.2) is 48.5 Å². The Kier molecular flexibility index (Phi) is 4.42. The van der Waals surface area contributed by atoms with Gasteiger partial charge < -0.3 is 5.11 Å². The minimum atomic E-state index is -3.44. The first-order valence-corrected chi connectivity index (χ1v) is 7.89. The molecular formula is C15H17NO3S. The highest BCUT2D eigenvalue weighted by molar-refractivity contribution is 7.91. The number of aryl methyl sites for hydroxylation is 1. The van der Waals surface area contributed by atoms with Crippen LogP contribution < -0.4 is 4.72 Å². The lowest BCUT2D eigenvalue weighted by atomic mass is 10.2. The molecule has 0 aliphatic carbocycles. The Morgan fingerprint density at radius 3 is 2.30 bits per heavy atom. The number of aliphatic hydroxyl groups excluding tert-OH is 1. The minimum Gasteiger partial charge on any atom is -0.392 e. The molecule has 0 unspecified atom stereocenters. The molecule has 0 saturated heterocycles. The van der Waals surface area contributed by atoms with E-state index in [1.165, 1.54) is 0 Å². The van der Waals surface area contributed by atoms with E-state index in [0.717, 1.165) is 11.1 Å². The highest BCUT2D eigenvalue weighted by Gasteiger charge is 2.11. The van der Waals surface area contributed by atoms with Crippen LogP contribution in [0, 0.1) is 6.92 Å². The van der Waals surface area contributed by atoms with Gasteiger partial charge in [-0.2, -0.15) is 0 Å². The molecule has 5 heteroatoms. The van der Waals surface area contributed by atoms with Gasteiger partial charge in [-0.1, -0.05) is 36.4 Å². The molecule has 0 fully saturated rings. The second-order valence-corrected chi connectivity index (χ2v) is 6.43. The second kappa shape index (κ2) is 6.07. The van der Waals surface area contributed by atoms with Crippen LogP contribution in [0.5, 0.6) is 0 Å². The van der Waals surface area contributed by atoms with E-state index in [4.69, 9.17) is 5.11 Å². The van der Waals surface area contributed by atoms with Crippen molar-refractivity contribution in [1.82, 2.24) is 0 Å². The molecule has 0 bridgehead atoms. The summed E-state index contributed by atoms with van der Waals surface area (Å²) in [5, 5.41) is 8.95. The fourth-order valence-corrected chi connectivity index (χ4v) is 3.07. The van der Waals surface area contributed by atoms with Crippen molar-refractivity contribution in [3.05, 3.63) is 65.2 Å². The molecule has 0 atom stereocenters. The van der Waals surface area contributed by atoms with Crippen LogP contribution in [-0.4, -0.2) is 13.5 Å². The third kappa shape index (κ3) is 4.08. The minimum absolute atomic E-state index is 0.0471. The Labute approximate surface area is 119 Å². The third-order valence-electron chi connectivity index (χ3n) is 2.85. The SMILES string of the molecule is Cc1cccc(NS(=O)(=O)Cc2ccc(CO)cc2)c1. The molecule has 0 heterocycles. The molecule has 0 aliphatic rings. The number of anilines is 1. The highest BCUT2D eigenvalue weighted by atomic mass is 32.2. The van der Waals surface area contributed by atoms with E-state index < -0.39 is 10.0 Å². The van der Waals surface area contributed by atoms with Crippen molar-refractivity contribution < 1.29 is 13.5 Å². The average Bonchev–Trinajstić information content (AvgIpc) is 2.38. The van der Waals surface area contributed by atoms with Gasteiger partial charge in [0.2, 0.25) is 10.0 Å². The van der Waals surface area contributed by atoms with Crippen LogP contribution in [-0.2, 0) is 22.4 Å². The van der Waals surface area contributed by atoms with Gasteiger partial charge >= 0.3 is 0 Å². The number of benzene rings is 2. The summed E-state index contributed by atoms with van der Waals surface area (Å²) in [6.07, 6.45) is 0. The lowest BCUT2D eigenvalue weighted by Crippen LogP contribution is -2.15. The number of rotatable bonds is 5. The number of sulfonamides is 1. The molecule has 2 aromatic rings. The molecule has 2 N–H and O–H groups in total. The van der Waals surface area contributed by atoms with Crippen LogP contribution in [0.1, 0.15) is 16.7 Å². The van der Waals surface area contributed by atoms with Crippen molar-refractivity contribution in [3.8, 4) is 0 Å². The zero-order valence-corrected chi connectivity index (χ0v) is 12.0. The fourth-order valence-electron chi connectivity index (χ4n) is 1.88. The summed E-state index contributed by atoms with van der Waals surface area (Å²) in [7, 11) is -3.44. The standard InChI is InChI=1S/C15H17NO3S/c1-12-3-2-4-15(9-12)16-20(18,19)11-14-7-5-13(10-17)6-8-14/h2-9,16-17H,10-11H2,1H3. The lowest BCUT2D eigenvalue weighted by Gasteiger charge is -2.09. The van der Waals surface area contributed by atoms with Crippen molar-refractivity contribution in [2.24, 2.45) is 0 Å². The largest absolute Gasteiger partial charge is 0.392 e. The summed E-state index contributed by atoms with van der Waals surface area (Å²) < 4.78 is 26.7. The zero-order valence-electron chi connectivity index (χ0n) is 11.2. The van der Waals surface area contributed by atoms with Crippen molar-refractivity contribution >= 4 is 15.7 Å². The van der Waals surface area contributed by atoms with Gasteiger partial charge in [-0.15, -0.1) is 0 Å². The second-order valence-electron chi connectivity index (χ2n) is 4.71. The van der Waals surface area contributed by atoms with E-state index in [1.54, 1.807) is 36.4 Å². The Morgan fingerprint density at radius 1 is 1.05 bits per heavy atom. The van der Waals surface area contributed by atoms with Crippen molar-refractivity contribution in [3.63, 3.8) is 0 Å². The van der Waals surface area contributed by atoms with Gasteiger partial charge in [0, 0.05) is 5.69 Å². The van der Waals surface area contributed by atoms with E-state index in [9.17, 15) is 8.42 Å². The van der Waals surface area contributed by atoms with Gasteiger partial charge in [0.15, 0.2) is 0 Å². The van der Waals surface area contributed by atoms with E-state index in [-0.39, 0.29) is 12.4 Å². The molecule has 0 spiro atoms. The van der Waals surface area contributed by atoms with Crippen molar-refractivity contribution in [2.45, 2.75) is 19.3 Å². The summed E-state index contributed by atoms with van der Waals surface area (Å²) in [5.41, 5.74) is 3.01. The molecule has 4 nitrogen and oxygen atoms in total. The summed E-state index contributed by atoms with van der Waals surface area (Å²) in [6.45, 7) is 1.86. The third-order valence-corrected chi connectivity index (χ3v) is 4.11. The fraction of sp³-hybridized carbons (Fsp3) is 0.200. The average molecular weight is 291 g/mol. The van der Waals surface area contributed by atoms with E-state index in [2.05, 4.69) is 4.72 Å². The van der Waals surface area contributed by atoms with Crippen molar-refractivity contribution in [2.75, 3.05) is 4.72 Å². The van der Waals surface area contributed by atoms with E-state index in [1.807, 2.05) is 19.1 Å². The van der Waals surface area contributed by atoms with Gasteiger partial charge in [-0.25, -0.2) is 8.42 Å². The Hall–Kier alpha value is -1.85. The van der Waals surface area contributed by atoms with Gasteiger partial charge in [-0.3, -0.25) is 4.72 Å². The molecule has 2 rings (SSSR count). The van der Waals surface area contributed by atoms with E-state index >= 15 is 0 Å². The van der Waals surface area contributed by atoms with Crippen LogP contribution in [0.3, 0.4) is 0 Å². The number of aliphatic hydroxyl groups is 1. The van der Waals surface area contributed by atoms with Crippen molar-refractivity contribution in [1.29, 1.82) is 0 Å². The Morgan fingerprint density at radius 2 is 1.70 bits per heavy atom. The number of hydrogen-bond acceptors (Lipinski definition) is 3. The van der Waals surface area contributed by atoms with Gasteiger partial charge in [0.05, 0.1) is 12.4 Å². The van der Waals surface area contributed by atoms with Crippen LogP contribution >= 0.6 is 0 Å². The summed E-state index contributed by atoms with van der Waals surface area (Å²) in [5.74, 6) is -0.0906. The predicted octanol–water partition coefficient (Wildman–Crippen LogP) is 2.43. The normalized spacial score (nSPS) is 11.3. The maximum absolute atomic E-state index is 12.1. The smallest absolute Gasteiger partial charge is 0.236 e. The zero-order chi connectivity index (χ0) is 14.6. The van der Waals surface area contributed by atoms with Gasteiger partial charge in [0.1, 0.15) is 0 Å². The molecule has 106 valence electrons. The summed E-state index contributed by atoms with van der Waals surface area (Å²) in [6, 6.07) is 14.1. The molecule has 0 aliphatic heterocycles. The van der Waals surface area contributed by atoms with Gasteiger partial charge in [0.25, 0.3) is 0 Å². The summed E-state index contributed by atoms with van der Waals surface area (Å²) in [4.78, 5) is 0. The maximum atomic E-state index is 12.1. The van der Waals surface area contributed by atoms with Crippen LogP contribution in [0.4, 0.5) is 5.69 Å². The molecular weight excluding hydrogens is 274 g/mol. The van der Waals surface area contributed by atoms with E-state index in [0.29, 0.717) is 11.3 Å². The topological polar surface area (TPSA) is 66.4 Å². The highest BCUT2D eigenvalue weighted by Crippen LogP contribution is 2.14. The molecule has 0 radical (unpaired) electrons. The molecule has 0 saturated carbocycles. The summed E-state index contributed by atoms with van der Waals surface area (Å²) >= 11 is 0. The first-order chi connectivity index (χ1) is 9.48. The number of hydrogen-bond donors (Lipinski definition) is 2. The predicted molar refractivity (Wildman–Crippen MR) is 79.8 cm³/mol. The first kappa shape index (κ1) is 14.6. The maximum Gasteiger partial charge on any atom is 0.236 e. The molecule has 0 aromatic heterocycles. The quantitative estimate of drug-likeness (QED) is 0.889. The molecule has 0 amide bonds. The first-order valence-electron chi connectivity index (χ1n) is 6.24. The molecule has 20 heavy (non-hydrogen) atoms. The van der Waals surface area contributed by atoms with Crippen LogP contribution in [0.2, 0.25) is 0 Å². The Bertz CT molecular complexity index is 679. The van der Waals surface area contributed by atoms with Crippen LogP contribution in [0.25, 0.3) is 0 Å². The molecule has 2 aromatic carbocycles. The Balaban J connectivity index is 2.10. The monoisotopic (exact) mass is 291 g/mol.